The van der Waals surface area contributed by atoms with Crippen molar-refractivity contribution in [2.24, 2.45) is 0 Å². The molecular formula is C19H19N3O3. The Bertz CT molecular complexity index is 953. The molecule has 2 aromatic heterocycles. The van der Waals surface area contributed by atoms with Crippen LogP contribution in [0.5, 0.6) is 0 Å². The monoisotopic (exact) mass is 337 g/mol. The summed E-state index contributed by atoms with van der Waals surface area (Å²) in [6, 6.07) is 10.3. The van der Waals surface area contributed by atoms with E-state index in [1.54, 1.807) is 31.3 Å². The Hall–Kier alpha value is -3.15. The number of nitrogens with one attached hydrogen (secondary N) is 2. The van der Waals surface area contributed by atoms with Crippen LogP contribution in [0, 0.1) is 6.92 Å². The summed E-state index contributed by atoms with van der Waals surface area (Å²) >= 11 is 0. The molecule has 25 heavy (non-hydrogen) atoms. The molecule has 0 fully saturated rings. The van der Waals surface area contributed by atoms with Crippen LogP contribution in [0.3, 0.4) is 0 Å². The molecule has 3 rings (SSSR count). The molecule has 0 unspecified atom stereocenters. The number of amides is 1. The highest BCUT2D eigenvalue weighted by Crippen LogP contribution is 2.24. The Labute approximate surface area is 144 Å². The van der Waals surface area contributed by atoms with E-state index in [1.807, 2.05) is 26.0 Å². The van der Waals surface area contributed by atoms with Crippen molar-refractivity contribution >= 4 is 11.6 Å². The zero-order chi connectivity index (χ0) is 18.0. The molecule has 1 aromatic carbocycles. The normalized spacial score (nSPS) is 10.9. The van der Waals surface area contributed by atoms with Gasteiger partial charge in [-0.1, -0.05) is 13.8 Å². The lowest BCUT2D eigenvalue weighted by Crippen LogP contribution is -2.23. The number of rotatable bonds is 4. The molecule has 0 aliphatic rings. The molecule has 0 saturated carbocycles. The van der Waals surface area contributed by atoms with Crippen LogP contribution >= 0.6 is 0 Å². The number of hydrogen-bond acceptors (Lipinski definition) is 4. The summed E-state index contributed by atoms with van der Waals surface area (Å²) in [6.07, 6.45) is 1.72. The molecular weight excluding hydrogens is 318 g/mol. The van der Waals surface area contributed by atoms with Crippen LogP contribution in [0.4, 0.5) is 5.69 Å². The van der Waals surface area contributed by atoms with Gasteiger partial charge in [-0.2, -0.15) is 0 Å². The van der Waals surface area contributed by atoms with Crippen molar-refractivity contribution in [2.75, 3.05) is 5.32 Å². The van der Waals surface area contributed by atoms with Gasteiger partial charge in [-0.25, -0.2) is 4.98 Å². The van der Waals surface area contributed by atoms with Crippen molar-refractivity contribution in [2.45, 2.75) is 26.7 Å². The molecule has 0 aliphatic heterocycles. The molecule has 2 N–H and O–H groups in total. The van der Waals surface area contributed by atoms with Crippen LogP contribution < -0.4 is 10.9 Å². The summed E-state index contributed by atoms with van der Waals surface area (Å²) < 4.78 is 5.70. The largest absolute Gasteiger partial charge is 0.441 e. The third-order valence-electron chi connectivity index (χ3n) is 3.78. The van der Waals surface area contributed by atoms with Gasteiger partial charge in [0, 0.05) is 22.9 Å². The zero-order valence-electron chi connectivity index (χ0n) is 14.3. The van der Waals surface area contributed by atoms with Crippen molar-refractivity contribution in [3.8, 4) is 11.5 Å². The first-order chi connectivity index (χ1) is 11.9. The molecule has 128 valence electrons. The average molecular weight is 337 g/mol. The fraction of sp³-hybridized carbons (Fsp3) is 0.211. The molecule has 6 nitrogen and oxygen atoms in total. The Morgan fingerprint density at radius 2 is 1.88 bits per heavy atom. The summed E-state index contributed by atoms with van der Waals surface area (Å²) in [4.78, 5) is 30.9. The first-order valence-electron chi connectivity index (χ1n) is 8.01. The third-order valence-corrected chi connectivity index (χ3v) is 3.78. The molecule has 2 heterocycles. The molecule has 6 heteroatoms. The molecule has 1 amide bonds. The minimum atomic E-state index is -0.452. The number of hydrogen-bond donors (Lipinski definition) is 2. The van der Waals surface area contributed by atoms with Crippen LogP contribution in [-0.4, -0.2) is 15.9 Å². The van der Waals surface area contributed by atoms with E-state index in [9.17, 15) is 9.59 Å². The molecule has 3 aromatic rings. The standard InChI is InChI=1S/C19H19N3O3/c1-11(2)16-10-20-19(25-16)13-5-7-14(8-6-13)22-18(24)15-9-4-12(3)21-17(15)23/h4-11H,1-3H3,(H,21,23)(H,22,24). The van der Waals surface area contributed by atoms with Gasteiger partial charge in [0.25, 0.3) is 11.5 Å². The average Bonchev–Trinajstić information content (AvgIpc) is 3.05. The third kappa shape index (κ3) is 3.68. The highest BCUT2D eigenvalue weighted by molar-refractivity contribution is 6.04. The SMILES string of the molecule is Cc1ccc(C(=O)Nc2ccc(-c3ncc(C(C)C)o3)cc2)c(=O)[nH]1. The maximum Gasteiger partial charge on any atom is 0.261 e. The fourth-order valence-corrected chi connectivity index (χ4v) is 2.33. The maximum absolute atomic E-state index is 12.2. The van der Waals surface area contributed by atoms with Gasteiger partial charge >= 0.3 is 0 Å². The predicted octanol–water partition coefficient (Wildman–Crippen LogP) is 3.71. The lowest BCUT2D eigenvalue weighted by Gasteiger charge is -2.06. The van der Waals surface area contributed by atoms with E-state index >= 15 is 0 Å². The minimum Gasteiger partial charge on any atom is -0.441 e. The van der Waals surface area contributed by atoms with Crippen molar-refractivity contribution < 1.29 is 9.21 Å². The smallest absolute Gasteiger partial charge is 0.261 e. The summed E-state index contributed by atoms with van der Waals surface area (Å²) in [5.41, 5.74) is 1.78. The van der Waals surface area contributed by atoms with Crippen LogP contribution in [0.25, 0.3) is 11.5 Å². The van der Waals surface area contributed by atoms with Crippen molar-refractivity contribution in [1.82, 2.24) is 9.97 Å². The first-order valence-corrected chi connectivity index (χ1v) is 8.01. The number of aromatic amines is 1. The Morgan fingerprint density at radius 1 is 1.16 bits per heavy atom. The zero-order valence-corrected chi connectivity index (χ0v) is 14.3. The Kier molecular flexibility index (Phi) is 4.52. The number of carbonyl (C=O) groups is 1. The van der Waals surface area contributed by atoms with E-state index < -0.39 is 11.5 Å². The quantitative estimate of drug-likeness (QED) is 0.759. The van der Waals surface area contributed by atoms with E-state index in [-0.39, 0.29) is 11.5 Å². The van der Waals surface area contributed by atoms with Gasteiger partial charge in [0.15, 0.2) is 0 Å². The van der Waals surface area contributed by atoms with Gasteiger partial charge in [0.1, 0.15) is 11.3 Å². The number of H-pyrrole nitrogens is 1. The van der Waals surface area contributed by atoms with E-state index in [2.05, 4.69) is 15.3 Å². The fourth-order valence-electron chi connectivity index (χ4n) is 2.33. The topological polar surface area (TPSA) is 88.0 Å². The molecule has 0 saturated heterocycles. The van der Waals surface area contributed by atoms with Gasteiger partial charge in [-0.05, 0) is 43.3 Å². The number of benzene rings is 1. The summed E-state index contributed by atoms with van der Waals surface area (Å²) in [7, 11) is 0. The number of aryl methyl sites for hydroxylation is 1. The number of oxazole rings is 1. The maximum atomic E-state index is 12.2. The van der Waals surface area contributed by atoms with Gasteiger partial charge in [0.05, 0.1) is 6.20 Å². The second-order valence-electron chi connectivity index (χ2n) is 6.14. The van der Waals surface area contributed by atoms with Crippen LogP contribution in [0.15, 0.2) is 51.8 Å². The Balaban J connectivity index is 1.76. The molecule has 0 atom stereocenters. The first kappa shape index (κ1) is 16.7. The second-order valence-corrected chi connectivity index (χ2v) is 6.14. The minimum absolute atomic E-state index is 0.0731. The highest BCUT2D eigenvalue weighted by atomic mass is 16.4. The predicted molar refractivity (Wildman–Crippen MR) is 95.8 cm³/mol. The molecule has 0 aliphatic carbocycles. The van der Waals surface area contributed by atoms with Crippen LogP contribution in [-0.2, 0) is 0 Å². The van der Waals surface area contributed by atoms with E-state index in [1.165, 1.54) is 6.07 Å². The summed E-state index contributed by atoms with van der Waals surface area (Å²) in [6.45, 7) is 5.83. The van der Waals surface area contributed by atoms with Crippen molar-refractivity contribution in [3.63, 3.8) is 0 Å². The summed E-state index contributed by atoms with van der Waals surface area (Å²) in [5.74, 6) is 1.18. The van der Waals surface area contributed by atoms with E-state index in [0.717, 1.165) is 11.3 Å². The van der Waals surface area contributed by atoms with Crippen LogP contribution in [0.2, 0.25) is 0 Å². The van der Waals surface area contributed by atoms with E-state index in [0.29, 0.717) is 17.3 Å². The number of carbonyl (C=O) groups excluding carboxylic acids is 1. The van der Waals surface area contributed by atoms with Gasteiger partial charge in [-0.3, -0.25) is 9.59 Å². The number of pyridine rings is 1. The number of aromatic nitrogens is 2. The number of nitrogens with zero attached hydrogens (tertiary/aromatic N) is 1. The molecule has 0 bridgehead atoms. The Morgan fingerprint density at radius 3 is 2.48 bits per heavy atom. The van der Waals surface area contributed by atoms with Gasteiger partial charge < -0.3 is 14.7 Å². The van der Waals surface area contributed by atoms with E-state index in [4.69, 9.17) is 4.42 Å². The van der Waals surface area contributed by atoms with Gasteiger partial charge in [-0.15, -0.1) is 0 Å². The lowest BCUT2D eigenvalue weighted by molar-refractivity contribution is 0.102. The van der Waals surface area contributed by atoms with Gasteiger partial charge in [0.2, 0.25) is 5.89 Å². The highest BCUT2D eigenvalue weighted by Gasteiger charge is 2.12. The van der Waals surface area contributed by atoms with Crippen molar-refractivity contribution in [1.29, 1.82) is 0 Å². The lowest BCUT2D eigenvalue weighted by atomic mass is 10.2. The second kappa shape index (κ2) is 6.76. The molecule has 0 radical (unpaired) electrons. The summed E-state index contributed by atoms with van der Waals surface area (Å²) in [5, 5.41) is 2.71. The molecule has 0 spiro atoms. The van der Waals surface area contributed by atoms with Crippen LogP contribution in [0.1, 0.15) is 41.6 Å². The van der Waals surface area contributed by atoms with Crippen molar-refractivity contribution in [3.05, 3.63) is 70.0 Å². The number of anilines is 1.